The standard InChI is InChI=1S/C14H19N3S/c1-11-17-14(10-18-11)9-13(15-2)4-3-12-5-7-16-8-6-12/h5-8,10,13,15H,3-4,9H2,1-2H3. The van der Waals surface area contributed by atoms with Crippen LogP contribution >= 0.6 is 11.3 Å². The van der Waals surface area contributed by atoms with Gasteiger partial charge in [-0.1, -0.05) is 0 Å². The number of likely N-dealkylation sites (N-methyl/N-ethyl adjacent to an activating group) is 1. The van der Waals surface area contributed by atoms with Crippen LogP contribution in [0.25, 0.3) is 0 Å². The first-order chi connectivity index (χ1) is 8.78. The highest BCUT2D eigenvalue weighted by atomic mass is 32.1. The van der Waals surface area contributed by atoms with E-state index in [1.54, 1.807) is 11.3 Å². The lowest BCUT2D eigenvalue weighted by Gasteiger charge is -2.14. The van der Waals surface area contributed by atoms with E-state index in [1.807, 2.05) is 19.4 Å². The van der Waals surface area contributed by atoms with Gasteiger partial charge in [-0.05, 0) is 44.5 Å². The quantitative estimate of drug-likeness (QED) is 0.868. The number of hydrogen-bond acceptors (Lipinski definition) is 4. The summed E-state index contributed by atoms with van der Waals surface area (Å²) < 4.78 is 0. The molecule has 0 aromatic carbocycles. The molecule has 4 heteroatoms. The van der Waals surface area contributed by atoms with Gasteiger partial charge in [-0.15, -0.1) is 11.3 Å². The average molecular weight is 261 g/mol. The van der Waals surface area contributed by atoms with Crippen molar-refractivity contribution in [1.29, 1.82) is 0 Å². The smallest absolute Gasteiger partial charge is 0.0897 e. The van der Waals surface area contributed by atoms with E-state index in [2.05, 4.69) is 39.7 Å². The Kier molecular flexibility index (Phi) is 4.84. The van der Waals surface area contributed by atoms with Crippen LogP contribution in [-0.2, 0) is 12.8 Å². The fourth-order valence-electron chi connectivity index (χ4n) is 1.99. The van der Waals surface area contributed by atoms with Gasteiger partial charge in [-0.2, -0.15) is 0 Å². The van der Waals surface area contributed by atoms with Crippen molar-refractivity contribution in [3.8, 4) is 0 Å². The van der Waals surface area contributed by atoms with Gasteiger partial charge in [-0.25, -0.2) is 4.98 Å². The molecule has 18 heavy (non-hydrogen) atoms. The molecule has 1 N–H and O–H groups in total. The lowest BCUT2D eigenvalue weighted by atomic mass is 10.0. The highest BCUT2D eigenvalue weighted by molar-refractivity contribution is 7.09. The summed E-state index contributed by atoms with van der Waals surface area (Å²) in [5.74, 6) is 0. The topological polar surface area (TPSA) is 37.8 Å². The second kappa shape index (κ2) is 6.61. The Balaban J connectivity index is 1.86. The Hall–Kier alpha value is -1.26. The number of pyridine rings is 1. The predicted molar refractivity (Wildman–Crippen MR) is 76.0 cm³/mol. The van der Waals surface area contributed by atoms with Gasteiger partial charge in [-0.3, -0.25) is 4.98 Å². The third-order valence-corrected chi connectivity index (χ3v) is 3.88. The number of rotatable bonds is 6. The number of nitrogens with zero attached hydrogens (tertiary/aromatic N) is 2. The van der Waals surface area contributed by atoms with Gasteiger partial charge >= 0.3 is 0 Å². The molecule has 0 amide bonds. The first kappa shape index (κ1) is 13.2. The molecular formula is C14H19N3S. The summed E-state index contributed by atoms with van der Waals surface area (Å²) >= 11 is 1.72. The fourth-order valence-corrected chi connectivity index (χ4v) is 2.62. The second-order valence-electron chi connectivity index (χ2n) is 4.44. The minimum absolute atomic E-state index is 0.486. The molecule has 0 aliphatic rings. The van der Waals surface area contributed by atoms with Crippen molar-refractivity contribution >= 4 is 11.3 Å². The molecule has 1 atom stereocenters. The van der Waals surface area contributed by atoms with Crippen molar-refractivity contribution in [2.45, 2.75) is 32.2 Å². The van der Waals surface area contributed by atoms with Crippen molar-refractivity contribution in [3.63, 3.8) is 0 Å². The zero-order valence-electron chi connectivity index (χ0n) is 10.9. The van der Waals surface area contributed by atoms with E-state index in [0.717, 1.165) is 24.3 Å². The summed E-state index contributed by atoms with van der Waals surface area (Å²) in [6.45, 7) is 2.06. The SMILES string of the molecule is CNC(CCc1ccncc1)Cc1csc(C)n1. The largest absolute Gasteiger partial charge is 0.317 e. The summed E-state index contributed by atoms with van der Waals surface area (Å²) in [6, 6.07) is 4.65. The number of hydrogen-bond donors (Lipinski definition) is 1. The molecule has 2 aromatic heterocycles. The second-order valence-corrected chi connectivity index (χ2v) is 5.50. The lowest BCUT2D eigenvalue weighted by Crippen LogP contribution is -2.28. The van der Waals surface area contributed by atoms with Crippen LogP contribution in [0, 0.1) is 6.92 Å². The molecule has 1 unspecified atom stereocenters. The number of nitrogens with one attached hydrogen (secondary N) is 1. The molecule has 2 rings (SSSR count). The van der Waals surface area contributed by atoms with Gasteiger partial charge in [0, 0.05) is 30.2 Å². The van der Waals surface area contributed by atoms with Crippen LogP contribution in [0.3, 0.4) is 0 Å². The maximum atomic E-state index is 4.52. The molecule has 0 saturated heterocycles. The summed E-state index contributed by atoms with van der Waals surface area (Å²) in [5.41, 5.74) is 2.55. The van der Waals surface area contributed by atoms with E-state index in [9.17, 15) is 0 Å². The Morgan fingerprint density at radius 3 is 2.72 bits per heavy atom. The molecular weight excluding hydrogens is 242 g/mol. The van der Waals surface area contributed by atoms with E-state index in [-0.39, 0.29) is 0 Å². The molecule has 0 aliphatic heterocycles. The van der Waals surface area contributed by atoms with Gasteiger partial charge in [0.15, 0.2) is 0 Å². The molecule has 3 nitrogen and oxygen atoms in total. The van der Waals surface area contributed by atoms with E-state index in [4.69, 9.17) is 0 Å². The van der Waals surface area contributed by atoms with Crippen LogP contribution in [0.1, 0.15) is 22.7 Å². The molecule has 2 aromatic rings. The number of aromatic nitrogens is 2. The Bertz CT molecular complexity index is 467. The van der Waals surface area contributed by atoms with Crippen molar-refractivity contribution < 1.29 is 0 Å². The highest BCUT2D eigenvalue weighted by Crippen LogP contribution is 2.12. The Morgan fingerprint density at radius 2 is 2.11 bits per heavy atom. The third-order valence-electron chi connectivity index (χ3n) is 3.06. The summed E-state index contributed by atoms with van der Waals surface area (Å²) in [5, 5.41) is 6.69. The van der Waals surface area contributed by atoms with E-state index in [0.29, 0.717) is 6.04 Å². The van der Waals surface area contributed by atoms with Crippen molar-refractivity contribution in [3.05, 3.63) is 46.2 Å². The van der Waals surface area contributed by atoms with Crippen LogP contribution in [-0.4, -0.2) is 23.1 Å². The maximum absolute atomic E-state index is 4.52. The summed E-state index contributed by atoms with van der Waals surface area (Å²) in [7, 11) is 2.02. The molecule has 0 bridgehead atoms. The zero-order valence-corrected chi connectivity index (χ0v) is 11.7. The molecule has 0 fully saturated rings. The minimum atomic E-state index is 0.486. The van der Waals surface area contributed by atoms with E-state index >= 15 is 0 Å². The Labute approximate surface area is 112 Å². The summed E-state index contributed by atoms with van der Waals surface area (Å²) in [6.07, 6.45) is 6.92. The van der Waals surface area contributed by atoms with Crippen molar-refractivity contribution in [2.75, 3.05) is 7.05 Å². The van der Waals surface area contributed by atoms with Crippen molar-refractivity contribution in [1.82, 2.24) is 15.3 Å². The van der Waals surface area contributed by atoms with Crippen LogP contribution in [0.15, 0.2) is 29.9 Å². The van der Waals surface area contributed by atoms with Crippen LogP contribution in [0.4, 0.5) is 0 Å². The number of aryl methyl sites for hydroxylation is 2. The fraction of sp³-hybridized carbons (Fsp3) is 0.429. The predicted octanol–water partition coefficient (Wildman–Crippen LogP) is 2.61. The monoisotopic (exact) mass is 261 g/mol. The van der Waals surface area contributed by atoms with E-state index in [1.165, 1.54) is 11.3 Å². The average Bonchev–Trinajstić information content (AvgIpc) is 2.81. The third kappa shape index (κ3) is 3.89. The first-order valence-electron chi connectivity index (χ1n) is 6.25. The lowest BCUT2D eigenvalue weighted by molar-refractivity contribution is 0.516. The molecule has 2 heterocycles. The normalized spacial score (nSPS) is 12.6. The molecule has 0 radical (unpaired) electrons. The van der Waals surface area contributed by atoms with E-state index < -0.39 is 0 Å². The van der Waals surface area contributed by atoms with Gasteiger partial charge in [0.25, 0.3) is 0 Å². The van der Waals surface area contributed by atoms with Crippen LogP contribution in [0.5, 0.6) is 0 Å². The Morgan fingerprint density at radius 1 is 1.33 bits per heavy atom. The van der Waals surface area contributed by atoms with Crippen LogP contribution < -0.4 is 5.32 Å². The van der Waals surface area contributed by atoms with Gasteiger partial charge in [0.2, 0.25) is 0 Å². The first-order valence-corrected chi connectivity index (χ1v) is 7.13. The number of thiazole rings is 1. The molecule has 96 valence electrons. The van der Waals surface area contributed by atoms with Gasteiger partial charge < -0.3 is 5.32 Å². The van der Waals surface area contributed by atoms with Gasteiger partial charge in [0.1, 0.15) is 0 Å². The molecule has 0 aliphatic carbocycles. The highest BCUT2D eigenvalue weighted by Gasteiger charge is 2.09. The van der Waals surface area contributed by atoms with Crippen LogP contribution in [0.2, 0.25) is 0 Å². The molecule has 0 saturated carbocycles. The zero-order chi connectivity index (χ0) is 12.8. The molecule has 0 spiro atoms. The van der Waals surface area contributed by atoms with Gasteiger partial charge in [0.05, 0.1) is 10.7 Å². The van der Waals surface area contributed by atoms with Crippen molar-refractivity contribution in [2.24, 2.45) is 0 Å². The maximum Gasteiger partial charge on any atom is 0.0897 e. The summed E-state index contributed by atoms with van der Waals surface area (Å²) in [4.78, 5) is 8.56. The minimum Gasteiger partial charge on any atom is -0.317 e.